The van der Waals surface area contributed by atoms with Gasteiger partial charge in [-0.15, -0.1) is 0 Å². The van der Waals surface area contributed by atoms with Gasteiger partial charge in [0.2, 0.25) is 0 Å². The van der Waals surface area contributed by atoms with E-state index in [2.05, 4.69) is 0 Å². The van der Waals surface area contributed by atoms with Crippen LogP contribution in [0.5, 0.6) is 0 Å². The second-order valence-electron chi connectivity index (χ2n) is 12.9. The third-order valence-electron chi connectivity index (χ3n) is 9.67. The first-order valence-corrected chi connectivity index (χ1v) is 14.5. The first kappa shape index (κ1) is 36.8. The van der Waals surface area contributed by atoms with Crippen LogP contribution in [0.3, 0.4) is 0 Å². The van der Waals surface area contributed by atoms with E-state index in [4.69, 9.17) is 4.74 Å². The molecule has 4 rings (SSSR count). The molecule has 12 heteroatoms. The van der Waals surface area contributed by atoms with Crippen LogP contribution in [-0.2, 0) is 27.4 Å². The van der Waals surface area contributed by atoms with Crippen LogP contribution in [0, 0.1) is 94.4 Å². The van der Waals surface area contributed by atoms with Crippen LogP contribution in [0.4, 0.5) is 35.1 Å². The predicted octanol–water partition coefficient (Wildman–Crippen LogP) is 8.84. The smallest absolute Gasteiger partial charge is 0.311 e. The Morgan fingerprint density at radius 2 is 1.13 bits per heavy atom. The molecule has 2 aliphatic carbocycles. The average Bonchev–Trinajstić information content (AvgIpc) is 3.73. The van der Waals surface area contributed by atoms with Crippen molar-refractivity contribution in [2.45, 2.75) is 68.4 Å². The number of benzene rings is 2. The number of carboxylic acid groups (broad SMARTS) is 1. The molecule has 2 fully saturated rings. The third-order valence-corrected chi connectivity index (χ3v) is 9.67. The van der Waals surface area contributed by atoms with E-state index in [0.29, 0.717) is 0 Å². The summed E-state index contributed by atoms with van der Waals surface area (Å²) in [6.07, 6.45) is 6.35. The maximum absolute atomic E-state index is 14.1. The predicted molar refractivity (Wildman–Crippen MR) is 153 cm³/mol. The van der Waals surface area contributed by atoms with Gasteiger partial charge in [-0.1, -0.05) is 52.0 Å². The van der Waals surface area contributed by atoms with Crippen molar-refractivity contribution in [3.8, 4) is 0 Å². The maximum atomic E-state index is 14.1. The molecule has 0 spiro atoms. The number of hydrogen-bond acceptors (Lipinski definition) is 3. The fourth-order valence-corrected chi connectivity index (χ4v) is 6.38. The maximum Gasteiger partial charge on any atom is 0.311 e. The van der Waals surface area contributed by atoms with Crippen molar-refractivity contribution < 1.29 is 54.6 Å². The fourth-order valence-electron chi connectivity index (χ4n) is 6.38. The number of rotatable bonds is 8. The molecule has 0 amide bonds. The highest BCUT2D eigenvalue weighted by atomic mass is 19.2. The van der Waals surface area contributed by atoms with Gasteiger partial charge in [-0.2, -0.15) is 0 Å². The summed E-state index contributed by atoms with van der Waals surface area (Å²) in [6.45, 7) is 11.6. The Hall–Kier alpha value is -3.70. The Morgan fingerprint density at radius 1 is 0.717 bits per heavy atom. The van der Waals surface area contributed by atoms with Crippen molar-refractivity contribution in [1.82, 2.24) is 0 Å². The van der Waals surface area contributed by atoms with Gasteiger partial charge in [0, 0.05) is 16.7 Å². The van der Waals surface area contributed by atoms with Crippen LogP contribution in [-0.4, -0.2) is 17.0 Å². The lowest BCUT2D eigenvalue weighted by atomic mass is 9.87. The molecule has 4 nitrogen and oxygen atoms in total. The normalized spacial score (nSPS) is 24.1. The van der Waals surface area contributed by atoms with Gasteiger partial charge in [-0.25, -0.2) is 35.1 Å². The number of carboxylic acids is 1. The molecule has 4 unspecified atom stereocenters. The molecule has 2 saturated carbocycles. The van der Waals surface area contributed by atoms with E-state index >= 15 is 0 Å². The van der Waals surface area contributed by atoms with Crippen LogP contribution < -0.4 is 0 Å². The average molecular weight is 661 g/mol. The van der Waals surface area contributed by atoms with Crippen molar-refractivity contribution in [3.63, 3.8) is 0 Å². The Kier molecular flexibility index (Phi) is 10.3. The van der Waals surface area contributed by atoms with E-state index in [9.17, 15) is 49.8 Å². The molecule has 1 N–H and O–H groups in total. The van der Waals surface area contributed by atoms with E-state index in [0.717, 1.165) is 13.8 Å². The second kappa shape index (κ2) is 12.8. The molecule has 0 aliphatic heterocycles. The summed E-state index contributed by atoms with van der Waals surface area (Å²) in [7, 11) is 0. The molecule has 2 aliphatic rings. The number of halogens is 8. The summed E-state index contributed by atoms with van der Waals surface area (Å²) < 4.78 is 115. The largest absolute Gasteiger partial charge is 0.481 e. The zero-order valence-corrected chi connectivity index (χ0v) is 26.7. The van der Waals surface area contributed by atoms with Gasteiger partial charge in [0.15, 0.2) is 46.5 Å². The van der Waals surface area contributed by atoms with E-state index in [-0.39, 0.29) is 11.3 Å². The number of aliphatic carboxylic acids is 1. The molecule has 0 heterocycles. The molecule has 0 saturated heterocycles. The van der Waals surface area contributed by atoms with E-state index in [1.165, 1.54) is 0 Å². The lowest BCUT2D eigenvalue weighted by Gasteiger charge is -2.17. The molecule has 4 atom stereocenters. The standard InChI is InChI=1S/2C17H18F4O2/c1-5-6-10-11(17(10,3)4)16(22)23-7-9-14(20)12(18)8(2)13(19)15(9)21;1-5-6-10-16(3,4)17(10,15(22)23)7-9-13(20)11(18)8(2)12(19)14(9)21/h5-6,10-11H,7H2,1-4H3;5-6,10H,7H2,1-4H3,(H,22,23). The van der Waals surface area contributed by atoms with Crippen molar-refractivity contribution >= 4 is 11.9 Å². The third kappa shape index (κ3) is 5.83. The zero-order valence-electron chi connectivity index (χ0n) is 26.7. The lowest BCUT2D eigenvalue weighted by molar-refractivity contribution is -0.148. The minimum atomic E-state index is -1.53. The van der Waals surface area contributed by atoms with Gasteiger partial charge in [0.1, 0.15) is 6.61 Å². The molecule has 0 aromatic heterocycles. The minimum Gasteiger partial charge on any atom is -0.481 e. The van der Waals surface area contributed by atoms with Gasteiger partial charge in [-0.05, 0) is 56.8 Å². The molecule has 2 aromatic carbocycles. The summed E-state index contributed by atoms with van der Waals surface area (Å²) in [5.41, 5.74) is -5.88. The van der Waals surface area contributed by atoms with Crippen molar-refractivity contribution in [2.24, 2.45) is 34.0 Å². The van der Waals surface area contributed by atoms with Gasteiger partial charge >= 0.3 is 11.9 Å². The topological polar surface area (TPSA) is 63.6 Å². The van der Waals surface area contributed by atoms with Gasteiger partial charge in [-0.3, -0.25) is 9.59 Å². The van der Waals surface area contributed by atoms with Crippen molar-refractivity contribution in [1.29, 1.82) is 0 Å². The number of esters is 1. The number of ether oxygens (including phenoxy) is 1. The van der Waals surface area contributed by atoms with Crippen LogP contribution in [0.1, 0.15) is 63.8 Å². The highest BCUT2D eigenvalue weighted by Gasteiger charge is 2.74. The molecule has 0 bridgehead atoms. The zero-order chi connectivity index (χ0) is 35.3. The first-order valence-electron chi connectivity index (χ1n) is 14.5. The number of allylic oxidation sites excluding steroid dienone is 4. The quantitative estimate of drug-likeness (QED) is 0.133. The molecular weight excluding hydrogens is 624 g/mol. The minimum absolute atomic E-state index is 0.0267. The Morgan fingerprint density at radius 3 is 1.52 bits per heavy atom. The Balaban J connectivity index is 0.000000250. The Labute approximate surface area is 262 Å². The summed E-state index contributed by atoms with van der Waals surface area (Å²) in [4.78, 5) is 23.8. The van der Waals surface area contributed by atoms with E-state index in [1.807, 2.05) is 32.9 Å². The van der Waals surface area contributed by atoms with Crippen LogP contribution in [0.15, 0.2) is 24.3 Å². The summed E-state index contributed by atoms with van der Waals surface area (Å²) in [5, 5.41) is 9.61. The Bertz CT molecular complexity index is 1570. The fraction of sp³-hybridized carbons (Fsp3) is 0.471. The summed E-state index contributed by atoms with van der Waals surface area (Å²) in [5.74, 6) is -14.9. The SMILES string of the molecule is CC=CC1C(C(=O)OCc2c(F)c(F)c(C)c(F)c2F)C1(C)C.CC=CC1C(C)(C)C1(Cc1c(F)c(F)c(C)c(F)c1F)C(=O)O. The highest BCUT2D eigenvalue weighted by molar-refractivity contribution is 5.82. The van der Waals surface area contributed by atoms with Crippen LogP contribution in [0.25, 0.3) is 0 Å². The monoisotopic (exact) mass is 660 g/mol. The van der Waals surface area contributed by atoms with Crippen LogP contribution >= 0.6 is 0 Å². The number of hydrogen-bond donors (Lipinski definition) is 1. The summed E-state index contributed by atoms with van der Waals surface area (Å²) in [6, 6.07) is 0. The second-order valence-corrected chi connectivity index (χ2v) is 12.9. The highest BCUT2D eigenvalue weighted by Crippen LogP contribution is 2.71. The summed E-state index contributed by atoms with van der Waals surface area (Å²) >= 11 is 0. The van der Waals surface area contributed by atoms with Gasteiger partial charge in [0.25, 0.3) is 0 Å². The number of carbonyl (C=O) groups excluding carboxylic acids is 1. The van der Waals surface area contributed by atoms with E-state index < -0.39 is 116 Å². The lowest BCUT2D eigenvalue weighted by Crippen LogP contribution is -2.26. The molecule has 0 radical (unpaired) electrons. The van der Waals surface area contributed by atoms with Gasteiger partial charge < -0.3 is 9.84 Å². The van der Waals surface area contributed by atoms with Gasteiger partial charge in [0.05, 0.1) is 16.9 Å². The van der Waals surface area contributed by atoms with Crippen molar-refractivity contribution in [3.05, 3.63) is 93.1 Å². The molecular formula is C34H36F8O4. The molecule has 46 heavy (non-hydrogen) atoms. The van der Waals surface area contributed by atoms with Crippen LogP contribution in [0.2, 0.25) is 0 Å². The van der Waals surface area contributed by atoms with Crippen molar-refractivity contribution in [2.75, 3.05) is 0 Å². The number of carbonyl (C=O) groups is 2. The first-order chi connectivity index (χ1) is 21.2. The molecule has 2 aromatic rings. The molecule has 252 valence electrons. The van der Waals surface area contributed by atoms with E-state index in [1.54, 1.807) is 32.9 Å².